The Labute approximate surface area is 183 Å². The van der Waals surface area contributed by atoms with Crippen LogP contribution in [0.2, 0.25) is 0 Å². The number of rotatable bonds is 4. The number of carbonyl (C=O) groups excluding carboxylic acids is 2. The van der Waals surface area contributed by atoms with Crippen LogP contribution in [0.25, 0.3) is 5.65 Å². The van der Waals surface area contributed by atoms with Gasteiger partial charge < -0.3 is 20.0 Å². The number of amides is 3. The van der Waals surface area contributed by atoms with Gasteiger partial charge in [-0.15, -0.1) is 10.2 Å². The van der Waals surface area contributed by atoms with Crippen LogP contribution >= 0.6 is 0 Å². The van der Waals surface area contributed by atoms with Gasteiger partial charge in [0.15, 0.2) is 5.65 Å². The summed E-state index contributed by atoms with van der Waals surface area (Å²) in [6.45, 7) is 6.76. The summed E-state index contributed by atoms with van der Waals surface area (Å²) in [5.41, 5.74) is 1.38. The van der Waals surface area contributed by atoms with Crippen molar-refractivity contribution in [1.29, 1.82) is 0 Å². The van der Waals surface area contributed by atoms with Crippen molar-refractivity contribution in [1.82, 2.24) is 34.6 Å². The van der Waals surface area contributed by atoms with Crippen molar-refractivity contribution in [2.45, 2.75) is 51.1 Å². The van der Waals surface area contributed by atoms with E-state index in [9.17, 15) is 9.59 Å². The summed E-state index contributed by atoms with van der Waals surface area (Å²) in [6, 6.07) is 4.30. The maximum atomic E-state index is 13.1. The molecule has 2 aliphatic rings. The van der Waals surface area contributed by atoms with E-state index in [1.807, 2.05) is 46.4 Å². The van der Waals surface area contributed by atoms with E-state index in [0.717, 1.165) is 43.8 Å². The zero-order chi connectivity index (χ0) is 22.1. The summed E-state index contributed by atoms with van der Waals surface area (Å²) in [5, 5.41) is 11.6. The fourth-order valence-corrected chi connectivity index (χ4v) is 4.58. The zero-order valence-corrected chi connectivity index (χ0v) is 18.9. The molecule has 0 spiro atoms. The van der Waals surface area contributed by atoms with Crippen LogP contribution in [0.15, 0.2) is 18.3 Å². The van der Waals surface area contributed by atoms with Crippen molar-refractivity contribution in [2.24, 2.45) is 0 Å². The maximum Gasteiger partial charge on any atom is 0.317 e. The van der Waals surface area contributed by atoms with Crippen molar-refractivity contribution in [2.75, 3.05) is 40.3 Å². The van der Waals surface area contributed by atoms with Crippen molar-refractivity contribution in [3.8, 4) is 0 Å². The fourth-order valence-electron chi connectivity index (χ4n) is 4.58. The van der Waals surface area contributed by atoms with Crippen molar-refractivity contribution < 1.29 is 9.59 Å². The number of aromatic nitrogens is 3. The minimum Gasteiger partial charge on any atom is -0.338 e. The Kier molecular flexibility index (Phi) is 6.13. The third-order valence-corrected chi connectivity index (χ3v) is 6.41. The van der Waals surface area contributed by atoms with Gasteiger partial charge in [-0.1, -0.05) is 0 Å². The summed E-state index contributed by atoms with van der Waals surface area (Å²) >= 11 is 0. The van der Waals surface area contributed by atoms with Crippen molar-refractivity contribution >= 4 is 17.6 Å². The molecule has 31 heavy (non-hydrogen) atoms. The number of pyridine rings is 1. The van der Waals surface area contributed by atoms with Crippen LogP contribution in [0.4, 0.5) is 4.79 Å². The molecule has 2 aromatic heterocycles. The topological polar surface area (TPSA) is 86.1 Å². The molecule has 3 amide bonds. The van der Waals surface area contributed by atoms with Gasteiger partial charge in [-0.3, -0.25) is 9.20 Å². The Morgan fingerprint density at radius 2 is 1.77 bits per heavy atom. The molecule has 0 radical (unpaired) electrons. The largest absolute Gasteiger partial charge is 0.338 e. The van der Waals surface area contributed by atoms with Gasteiger partial charge in [0.2, 0.25) is 0 Å². The van der Waals surface area contributed by atoms with Gasteiger partial charge in [-0.05, 0) is 59.3 Å². The van der Waals surface area contributed by atoms with E-state index in [1.165, 1.54) is 0 Å². The zero-order valence-electron chi connectivity index (χ0n) is 18.9. The van der Waals surface area contributed by atoms with Gasteiger partial charge >= 0.3 is 6.03 Å². The van der Waals surface area contributed by atoms with Gasteiger partial charge in [0.05, 0.1) is 5.56 Å². The second-order valence-electron chi connectivity index (χ2n) is 9.23. The molecular weight excluding hydrogens is 394 g/mol. The molecule has 9 nitrogen and oxygen atoms in total. The molecule has 168 valence electrons. The lowest BCUT2D eigenvalue weighted by Gasteiger charge is -2.35. The molecule has 0 unspecified atom stereocenters. The number of fused-ring (bicyclic) bond motifs is 1. The highest BCUT2D eigenvalue weighted by Gasteiger charge is 2.31. The van der Waals surface area contributed by atoms with Crippen molar-refractivity contribution in [3.63, 3.8) is 0 Å². The van der Waals surface area contributed by atoms with Gasteiger partial charge in [0, 0.05) is 50.4 Å². The first-order valence-corrected chi connectivity index (χ1v) is 11.2. The van der Waals surface area contributed by atoms with E-state index in [-0.39, 0.29) is 23.9 Å². The second-order valence-corrected chi connectivity index (χ2v) is 9.23. The highest BCUT2D eigenvalue weighted by atomic mass is 16.2. The molecule has 2 aliphatic heterocycles. The van der Waals surface area contributed by atoms with Crippen LogP contribution in [0.5, 0.6) is 0 Å². The van der Waals surface area contributed by atoms with Crippen LogP contribution < -0.4 is 5.32 Å². The van der Waals surface area contributed by atoms with Crippen LogP contribution in [0, 0.1) is 0 Å². The summed E-state index contributed by atoms with van der Waals surface area (Å²) in [6.07, 6.45) is 4.69. The lowest BCUT2D eigenvalue weighted by atomic mass is 10.0. The second kappa shape index (κ2) is 8.82. The third-order valence-electron chi connectivity index (χ3n) is 6.41. The first-order valence-electron chi connectivity index (χ1n) is 11.2. The standard InChI is InChI=1S/C22H33N7O2/c1-15(2)23-22(31)28-10-7-16(13-28)20-25-24-19-6-5-17(14-29(19)20)21(30)27-11-8-18(9-12-27)26(3)4/h5-6,14-16,18H,7-13H2,1-4H3,(H,23,31)/t16-/m1/s1. The van der Waals surface area contributed by atoms with Gasteiger partial charge in [-0.25, -0.2) is 4.79 Å². The molecule has 1 atom stereocenters. The summed E-state index contributed by atoms with van der Waals surface area (Å²) in [4.78, 5) is 31.5. The number of hydrogen-bond acceptors (Lipinski definition) is 5. The van der Waals surface area contributed by atoms with E-state index in [0.29, 0.717) is 24.7 Å². The van der Waals surface area contributed by atoms with Gasteiger partial charge in [0.1, 0.15) is 5.82 Å². The number of nitrogens with one attached hydrogen (secondary N) is 1. The molecule has 4 heterocycles. The Bertz CT molecular complexity index is 946. The molecule has 2 aromatic rings. The fraction of sp³-hybridized carbons (Fsp3) is 0.636. The average Bonchev–Trinajstić information content (AvgIpc) is 3.39. The Hall–Kier alpha value is -2.68. The lowest BCUT2D eigenvalue weighted by molar-refractivity contribution is 0.0663. The van der Waals surface area contributed by atoms with Gasteiger partial charge in [0.25, 0.3) is 5.91 Å². The van der Waals surface area contributed by atoms with E-state index >= 15 is 0 Å². The molecule has 2 fully saturated rings. The Balaban J connectivity index is 1.48. The highest BCUT2D eigenvalue weighted by Crippen LogP contribution is 2.27. The third kappa shape index (κ3) is 4.51. The van der Waals surface area contributed by atoms with E-state index in [1.54, 1.807) is 0 Å². The molecule has 0 aliphatic carbocycles. The number of carbonyl (C=O) groups is 2. The molecule has 4 rings (SSSR count). The van der Waals surface area contributed by atoms with E-state index in [2.05, 4.69) is 34.5 Å². The molecule has 0 saturated carbocycles. The van der Waals surface area contributed by atoms with Crippen LogP contribution in [0.1, 0.15) is 55.2 Å². The van der Waals surface area contributed by atoms with Gasteiger partial charge in [-0.2, -0.15) is 0 Å². The summed E-state index contributed by atoms with van der Waals surface area (Å²) < 4.78 is 1.92. The number of urea groups is 1. The Morgan fingerprint density at radius 3 is 2.45 bits per heavy atom. The molecule has 1 N–H and O–H groups in total. The van der Waals surface area contributed by atoms with Crippen molar-refractivity contribution in [3.05, 3.63) is 29.7 Å². The van der Waals surface area contributed by atoms with E-state index in [4.69, 9.17) is 0 Å². The SMILES string of the molecule is CC(C)NC(=O)N1CC[C@@H](c2nnc3ccc(C(=O)N4CCC(N(C)C)CC4)cn23)C1. The average molecular weight is 428 g/mol. The monoisotopic (exact) mass is 427 g/mol. The van der Waals surface area contributed by atoms with Crippen LogP contribution in [-0.2, 0) is 0 Å². The van der Waals surface area contributed by atoms with E-state index < -0.39 is 0 Å². The predicted octanol–water partition coefficient (Wildman–Crippen LogP) is 1.80. The number of piperidine rings is 1. The quantitative estimate of drug-likeness (QED) is 0.804. The summed E-state index contributed by atoms with van der Waals surface area (Å²) in [7, 11) is 4.19. The predicted molar refractivity (Wildman–Crippen MR) is 118 cm³/mol. The maximum absolute atomic E-state index is 13.1. The summed E-state index contributed by atoms with van der Waals surface area (Å²) in [5.74, 6) is 0.980. The minimum absolute atomic E-state index is 0.0386. The molecule has 2 saturated heterocycles. The molecule has 9 heteroatoms. The molecular formula is C22H33N7O2. The highest BCUT2D eigenvalue weighted by molar-refractivity contribution is 5.94. The first kappa shape index (κ1) is 21.5. The smallest absolute Gasteiger partial charge is 0.317 e. The van der Waals surface area contributed by atoms with Crippen LogP contribution in [0.3, 0.4) is 0 Å². The Morgan fingerprint density at radius 1 is 1.06 bits per heavy atom. The number of nitrogens with zero attached hydrogens (tertiary/aromatic N) is 6. The van der Waals surface area contributed by atoms with Crippen LogP contribution in [-0.4, -0.2) is 93.6 Å². The number of hydrogen-bond donors (Lipinski definition) is 1. The lowest BCUT2D eigenvalue weighted by Crippen LogP contribution is -2.44. The normalized spacial score (nSPS) is 20.3. The number of likely N-dealkylation sites (tertiary alicyclic amines) is 2. The minimum atomic E-state index is -0.0386. The first-order chi connectivity index (χ1) is 14.8. The molecule has 0 bridgehead atoms. The molecule has 0 aromatic carbocycles.